The largest absolute Gasteiger partial charge is 0.508 e. The first-order chi connectivity index (χ1) is 10.2. The fourth-order valence-electron chi connectivity index (χ4n) is 2.93. The molecule has 2 aliphatic heterocycles. The minimum absolute atomic E-state index is 0.0985. The zero-order valence-electron chi connectivity index (χ0n) is 13.0. The summed E-state index contributed by atoms with van der Waals surface area (Å²) in [5, 5.41) is 19.8. The zero-order valence-corrected chi connectivity index (χ0v) is 13.0. The molecule has 22 heavy (non-hydrogen) atoms. The summed E-state index contributed by atoms with van der Waals surface area (Å²) in [5.74, 6) is 0.654. The molecule has 0 saturated carbocycles. The van der Waals surface area contributed by atoms with Crippen LogP contribution >= 0.6 is 0 Å². The van der Waals surface area contributed by atoms with Crippen LogP contribution in [0.15, 0.2) is 18.2 Å². The topological polar surface area (TPSA) is 79.2 Å². The number of aromatic hydroxyl groups is 1. The number of ether oxygens (including phenoxy) is 2. The highest BCUT2D eigenvalue weighted by atomic mass is 16.6. The molecule has 2 aliphatic rings. The van der Waals surface area contributed by atoms with Crippen LogP contribution in [0.4, 0.5) is 4.79 Å². The fourth-order valence-corrected chi connectivity index (χ4v) is 2.93. The Kier molecular flexibility index (Phi) is 3.25. The molecule has 1 aromatic carbocycles. The first kappa shape index (κ1) is 15.0. The van der Waals surface area contributed by atoms with Crippen molar-refractivity contribution in [1.29, 1.82) is 0 Å². The summed E-state index contributed by atoms with van der Waals surface area (Å²) in [7, 11) is 0. The summed E-state index contributed by atoms with van der Waals surface area (Å²) in [6, 6.07) is 4.68. The Bertz CT molecular complexity index is 601. The van der Waals surface area contributed by atoms with Crippen LogP contribution in [0, 0.1) is 0 Å². The third-order valence-electron chi connectivity index (χ3n) is 3.85. The van der Waals surface area contributed by atoms with E-state index in [0.717, 1.165) is 0 Å². The lowest BCUT2D eigenvalue weighted by atomic mass is 9.83. The van der Waals surface area contributed by atoms with E-state index in [-0.39, 0.29) is 11.8 Å². The molecule has 0 radical (unpaired) electrons. The quantitative estimate of drug-likeness (QED) is 0.768. The van der Waals surface area contributed by atoms with Crippen molar-refractivity contribution >= 4 is 6.09 Å². The average molecular weight is 307 g/mol. The van der Waals surface area contributed by atoms with E-state index in [4.69, 9.17) is 9.47 Å². The van der Waals surface area contributed by atoms with Crippen molar-refractivity contribution in [2.75, 3.05) is 13.1 Å². The summed E-state index contributed by atoms with van der Waals surface area (Å²) in [6.07, 6.45) is -0.688. The molecular formula is C16H21NO5. The molecule has 1 amide bonds. The fraction of sp³-hybridized carbons (Fsp3) is 0.562. The van der Waals surface area contributed by atoms with Gasteiger partial charge < -0.3 is 24.6 Å². The molecule has 2 N–H and O–H groups in total. The third kappa shape index (κ3) is 2.70. The second-order valence-corrected chi connectivity index (χ2v) is 7.06. The van der Waals surface area contributed by atoms with Gasteiger partial charge in [0.2, 0.25) is 0 Å². The summed E-state index contributed by atoms with van der Waals surface area (Å²) in [6.45, 7) is 6.25. The monoisotopic (exact) mass is 307 g/mol. The van der Waals surface area contributed by atoms with Crippen molar-refractivity contribution < 1.29 is 24.5 Å². The molecule has 0 aliphatic carbocycles. The second kappa shape index (κ2) is 4.78. The molecule has 1 aromatic rings. The van der Waals surface area contributed by atoms with Crippen molar-refractivity contribution in [3.05, 3.63) is 23.8 Å². The number of phenolic OH excluding ortho intramolecular Hbond substituents is 1. The molecular weight excluding hydrogens is 286 g/mol. The smallest absolute Gasteiger partial charge is 0.410 e. The van der Waals surface area contributed by atoms with Gasteiger partial charge in [0.15, 0.2) is 0 Å². The maximum Gasteiger partial charge on any atom is 0.410 e. The first-order valence-corrected chi connectivity index (χ1v) is 7.35. The van der Waals surface area contributed by atoms with E-state index >= 15 is 0 Å². The summed E-state index contributed by atoms with van der Waals surface area (Å²) in [4.78, 5) is 13.6. The van der Waals surface area contributed by atoms with Crippen molar-refractivity contribution in [1.82, 2.24) is 4.90 Å². The first-order valence-electron chi connectivity index (χ1n) is 7.35. The molecule has 1 atom stereocenters. The number of hydrogen-bond donors (Lipinski definition) is 2. The van der Waals surface area contributed by atoms with Crippen molar-refractivity contribution in [2.45, 2.75) is 44.5 Å². The summed E-state index contributed by atoms with van der Waals surface area (Å²) >= 11 is 0. The number of aliphatic hydroxyl groups excluding tert-OH is 1. The number of rotatable bonds is 0. The van der Waals surface area contributed by atoms with E-state index in [1.807, 2.05) is 20.8 Å². The van der Waals surface area contributed by atoms with Gasteiger partial charge in [-0.2, -0.15) is 0 Å². The van der Waals surface area contributed by atoms with Gasteiger partial charge in [0, 0.05) is 12.0 Å². The Morgan fingerprint density at radius 3 is 2.73 bits per heavy atom. The molecule has 1 spiro atoms. The Morgan fingerprint density at radius 1 is 1.41 bits per heavy atom. The predicted octanol–water partition coefficient (Wildman–Crippen LogP) is 2.20. The molecule has 0 bridgehead atoms. The van der Waals surface area contributed by atoms with Crippen molar-refractivity contribution in [3.8, 4) is 11.5 Å². The maximum atomic E-state index is 12.0. The number of likely N-dealkylation sites (tertiary alicyclic amines) is 1. The molecule has 120 valence electrons. The number of nitrogens with zero attached hydrogens (tertiary/aromatic N) is 1. The summed E-state index contributed by atoms with van der Waals surface area (Å²) < 4.78 is 11.3. The molecule has 2 heterocycles. The second-order valence-electron chi connectivity index (χ2n) is 7.06. The lowest BCUT2D eigenvalue weighted by molar-refractivity contribution is -0.114. The van der Waals surface area contributed by atoms with E-state index in [1.165, 1.54) is 12.1 Å². The van der Waals surface area contributed by atoms with E-state index in [9.17, 15) is 15.0 Å². The maximum absolute atomic E-state index is 12.0. The van der Waals surface area contributed by atoms with Gasteiger partial charge in [-0.15, -0.1) is 0 Å². The lowest BCUT2D eigenvalue weighted by Gasteiger charge is -2.52. The number of benzene rings is 1. The van der Waals surface area contributed by atoms with Gasteiger partial charge in [-0.05, 0) is 39.0 Å². The SMILES string of the molecule is CC(C)(C)OC(=O)N1CC2(C[C@@H](O)c3cc(O)ccc3O2)C1. The molecule has 1 saturated heterocycles. The van der Waals surface area contributed by atoms with Crippen LogP contribution in [-0.2, 0) is 4.74 Å². The Hall–Kier alpha value is -1.95. The van der Waals surface area contributed by atoms with Gasteiger partial charge in [0.1, 0.15) is 22.7 Å². The van der Waals surface area contributed by atoms with Crippen LogP contribution in [-0.4, -0.2) is 45.5 Å². The van der Waals surface area contributed by atoms with Crippen LogP contribution in [0.2, 0.25) is 0 Å². The van der Waals surface area contributed by atoms with E-state index in [1.54, 1.807) is 11.0 Å². The van der Waals surface area contributed by atoms with Gasteiger partial charge in [-0.25, -0.2) is 4.79 Å². The van der Waals surface area contributed by atoms with E-state index < -0.39 is 17.3 Å². The molecule has 0 unspecified atom stereocenters. The molecule has 6 heteroatoms. The Labute approximate surface area is 129 Å². The van der Waals surface area contributed by atoms with Gasteiger partial charge in [0.05, 0.1) is 19.2 Å². The number of amides is 1. The highest BCUT2D eigenvalue weighted by Gasteiger charge is 2.52. The summed E-state index contributed by atoms with van der Waals surface area (Å²) in [5.41, 5.74) is -0.515. The van der Waals surface area contributed by atoms with Crippen LogP contribution in [0.1, 0.15) is 38.9 Å². The number of aliphatic hydroxyl groups is 1. The molecule has 3 rings (SSSR count). The van der Waals surface area contributed by atoms with E-state index in [0.29, 0.717) is 30.8 Å². The number of phenols is 1. The van der Waals surface area contributed by atoms with Gasteiger partial charge in [-0.1, -0.05) is 0 Å². The average Bonchev–Trinajstić information content (AvgIpc) is 2.34. The standard InChI is InChI=1S/C16H21NO5/c1-15(2,3)22-14(20)17-8-16(9-17)7-12(19)11-6-10(18)4-5-13(11)21-16/h4-6,12,18-19H,7-9H2,1-3H3/t12-/m1/s1. The number of hydrogen-bond acceptors (Lipinski definition) is 5. The lowest BCUT2D eigenvalue weighted by Crippen LogP contribution is -2.68. The van der Waals surface area contributed by atoms with Crippen LogP contribution in [0.25, 0.3) is 0 Å². The Balaban J connectivity index is 1.69. The van der Waals surface area contributed by atoms with Crippen LogP contribution in [0.5, 0.6) is 11.5 Å². The zero-order chi connectivity index (χ0) is 16.1. The molecule has 6 nitrogen and oxygen atoms in total. The van der Waals surface area contributed by atoms with Crippen molar-refractivity contribution in [2.24, 2.45) is 0 Å². The normalized spacial score (nSPS) is 22.5. The highest BCUT2D eigenvalue weighted by molar-refractivity contribution is 5.70. The number of carbonyl (C=O) groups is 1. The number of fused-ring (bicyclic) bond motifs is 1. The number of carbonyl (C=O) groups excluding carboxylic acids is 1. The van der Waals surface area contributed by atoms with Gasteiger partial charge >= 0.3 is 6.09 Å². The predicted molar refractivity (Wildman–Crippen MR) is 78.8 cm³/mol. The van der Waals surface area contributed by atoms with Crippen LogP contribution < -0.4 is 4.74 Å². The Morgan fingerprint density at radius 2 is 2.09 bits per heavy atom. The van der Waals surface area contributed by atoms with Gasteiger partial charge in [0.25, 0.3) is 0 Å². The van der Waals surface area contributed by atoms with Crippen molar-refractivity contribution in [3.63, 3.8) is 0 Å². The van der Waals surface area contributed by atoms with E-state index in [2.05, 4.69) is 0 Å². The minimum atomic E-state index is -0.711. The molecule has 1 fully saturated rings. The highest BCUT2D eigenvalue weighted by Crippen LogP contribution is 2.44. The minimum Gasteiger partial charge on any atom is -0.508 e. The van der Waals surface area contributed by atoms with Gasteiger partial charge in [-0.3, -0.25) is 0 Å². The van der Waals surface area contributed by atoms with Crippen LogP contribution in [0.3, 0.4) is 0 Å². The molecule has 0 aromatic heterocycles. The third-order valence-corrected chi connectivity index (χ3v) is 3.85.